The molecule has 0 heterocycles. The fourth-order valence-electron chi connectivity index (χ4n) is 1.92. The summed E-state index contributed by atoms with van der Waals surface area (Å²) in [5, 5.41) is 0. The van der Waals surface area contributed by atoms with Crippen LogP contribution >= 0.6 is 0 Å². The molecule has 1 rings (SSSR count). The summed E-state index contributed by atoms with van der Waals surface area (Å²) in [5.41, 5.74) is 2.69. The molecule has 0 aliphatic carbocycles. The molecule has 0 unspecified atom stereocenters. The van der Waals surface area contributed by atoms with Crippen LogP contribution < -0.4 is 0 Å². The molecule has 100 valence electrons. The highest BCUT2D eigenvalue weighted by Gasteiger charge is 2.18. The molecule has 2 atom stereocenters. The summed E-state index contributed by atoms with van der Waals surface area (Å²) in [6.45, 7) is 12.1. The van der Waals surface area contributed by atoms with E-state index in [0.717, 1.165) is 0 Å². The Labute approximate surface area is 110 Å². The number of benzene rings is 1. The Morgan fingerprint density at radius 2 is 1.61 bits per heavy atom. The lowest BCUT2D eigenvalue weighted by molar-refractivity contribution is -0.146. The minimum atomic E-state index is -0.222. The normalized spacial score (nSPS) is 15.0. The summed E-state index contributed by atoms with van der Waals surface area (Å²) in [4.78, 5) is 11.0. The van der Waals surface area contributed by atoms with Crippen LogP contribution in [0.5, 0.6) is 0 Å². The van der Waals surface area contributed by atoms with Crippen LogP contribution in [0.25, 0.3) is 0 Å². The smallest absolute Gasteiger partial charge is 0.302 e. The summed E-state index contributed by atoms with van der Waals surface area (Å²) in [6.07, 6.45) is -0.0945. The third kappa shape index (κ3) is 3.86. The standard InChI is InChI=1S/C16H24O2/c1-11(12(2)18-13(3)17)14-7-9-15(10-8-14)16(4,5)6/h7-12H,1-6H3/t11-,12+/m1/s1. The monoisotopic (exact) mass is 248 g/mol. The number of carbonyl (C=O) groups excluding carboxylic acids is 1. The molecule has 0 spiro atoms. The molecule has 0 amide bonds. The van der Waals surface area contributed by atoms with Gasteiger partial charge < -0.3 is 4.74 Å². The van der Waals surface area contributed by atoms with Crippen LogP contribution in [0.2, 0.25) is 0 Å². The van der Waals surface area contributed by atoms with Crippen LogP contribution in [0.1, 0.15) is 58.6 Å². The Kier molecular flexibility index (Phi) is 4.55. The number of rotatable bonds is 3. The lowest BCUT2D eigenvalue weighted by Gasteiger charge is -2.23. The van der Waals surface area contributed by atoms with E-state index in [1.54, 1.807) is 0 Å². The maximum atomic E-state index is 11.0. The van der Waals surface area contributed by atoms with Crippen molar-refractivity contribution in [3.05, 3.63) is 35.4 Å². The van der Waals surface area contributed by atoms with Crippen molar-refractivity contribution >= 4 is 5.97 Å². The topological polar surface area (TPSA) is 26.3 Å². The first-order valence-electron chi connectivity index (χ1n) is 6.49. The first-order chi connectivity index (χ1) is 8.21. The molecule has 18 heavy (non-hydrogen) atoms. The van der Waals surface area contributed by atoms with Crippen molar-refractivity contribution in [3.63, 3.8) is 0 Å². The van der Waals surface area contributed by atoms with Crippen molar-refractivity contribution in [3.8, 4) is 0 Å². The van der Waals surface area contributed by atoms with Crippen molar-refractivity contribution in [1.29, 1.82) is 0 Å². The summed E-state index contributed by atoms with van der Waals surface area (Å²) in [7, 11) is 0. The van der Waals surface area contributed by atoms with Gasteiger partial charge in [-0.25, -0.2) is 0 Å². The predicted molar refractivity (Wildman–Crippen MR) is 74.8 cm³/mol. The average Bonchev–Trinajstić information content (AvgIpc) is 2.26. The largest absolute Gasteiger partial charge is 0.462 e. The van der Waals surface area contributed by atoms with E-state index in [4.69, 9.17) is 4.74 Å². The van der Waals surface area contributed by atoms with Gasteiger partial charge in [0.2, 0.25) is 0 Å². The molecule has 0 saturated carbocycles. The van der Waals surface area contributed by atoms with Crippen LogP contribution in [-0.2, 0) is 14.9 Å². The van der Waals surface area contributed by atoms with Crippen LogP contribution in [0.15, 0.2) is 24.3 Å². The zero-order chi connectivity index (χ0) is 13.9. The SMILES string of the molecule is CC(=O)O[C@@H](C)[C@@H](C)c1ccc(C(C)(C)C)cc1. The number of carbonyl (C=O) groups is 1. The van der Waals surface area contributed by atoms with Crippen LogP contribution in [0, 0.1) is 0 Å². The molecule has 0 fully saturated rings. The van der Waals surface area contributed by atoms with Gasteiger partial charge in [0.1, 0.15) is 6.10 Å². The summed E-state index contributed by atoms with van der Waals surface area (Å²) >= 11 is 0. The number of ether oxygens (including phenoxy) is 1. The minimum absolute atomic E-state index is 0.0945. The predicted octanol–water partition coefficient (Wildman–Crippen LogP) is 4.04. The highest BCUT2D eigenvalue weighted by Crippen LogP contribution is 2.26. The van der Waals surface area contributed by atoms with E-state index in [9.17, 15) is 4.79 Å². The molecule has 0 saturated heterocycles. The van der Waals surface area contributed by atoms with Crippen molar-refractivity contribution in [1.82, 2.24) is 0 Å². The molecule has 0 aromatic heterocycles. The molecule has 0 N–H and O–H groups in total. The van der Waals surface area contributed by atoms with Crippen molar-refractivity contribution in [2.24, 2.45) is 0 Å². The van der Waals surface area contributed by atoms with E-state index in [1.165, 1.54) is 18.1 Å². The van der Waals surface area contributed by atoms with Gasteiger partial charge >= 0.3 is 5.97 Å². The molecule has 0 aliphatic heterocycles. The Morgan fingerprint density at radius 3 is 2.00 bits per heavy atom. The second kappa shape index (κ2) is 5.55. The minimum Gasteiger partial charge on any atom is -0.462 e. The van der Waals surface area contributed by atoms with Gasteiger partial charge in [-0.15, -0.1) is 0 Å². The third-order valence-electron chi connectivity index (χ3n) is 3.36. The van der Waals surface area contributed by atoms with Gasteiger partial charge in [0.05, 0.1) is 0 Å². The average molecular weight is 248 g/mol. The number of hydrogen-bond acceptors (Lipinski definition) is 2. The molecule has 1 aromatic rings. The van der Waals surface area contributed by atoms with Crippen molar-refractivity contribution in [2.45, 2.75) is 59.0 Å². The van der Waals surface area contributed by atoms with E-state index in [0.29, 0.717) is 0 Å². The molecular formula is C16H24O2. The van der Waals surface area contributed by atoms with E-state index in [-0.39, 0.29) is 23.4 Å². The second-order valence-corrected chi connectivity index (χ2v) is 5.98. The highest BCUT2D eigenvalue weighted by atomic mass is 16.5. The molecule has 1 aromatic carbocycles. The van der Waals surface area contributed by atoms with Gasteiger partial charge in [0.25, 0.3) is 0 Å². The Morgan fingerprint density at radius 1 is 1.11 bits per heavy atom. The first kappa shape index (κ1) is 14.7. The van der Waals surface area contributed by atoms with Crippen LogP contribution in [0.3, 0.4) is 0 Å². The first-order valence-corrected chi connectivity index (χ1v) is 6.49. The maximum absolute atomic E-state index is 11.0. The van der Waals surface area contributed by atoms with E-state index in [1.807, 2.05) is 6.92 Å². The van der Waals surface area contributed by atoms with Gasteiger partial charge in [-0.1, -0.05) is 52.0 Å². The summed E-state index contributed by atoms with van der Waals surface area (Å²) < 4.78 is 5.22. The quantitative estimate of drug-likeness (QED) is 0.755. The molecule has 2 heteroatoms. The zero-order valence-corrected chi connectivity index (χ0v) is 12.3. The Bertz CT molecular complexity index is 398. The molecular weight excluding hydrogens is 224 g/mol. The Balaban J connectivity index is 2.82. The Hall–Kier alpha value is -1.31. The number of esters is 1. The van der Waals surface area contributed by atoms with Gasteiger partial charge in [-0.05, 0) is 23.5 Å². The van der Waals surface area contributed by atoms with E-state index >= 15 is 0 Å². The van der Waals surface area contributed by atoms with Crippen LogP contribution in [-0.4, -0.2) is 12.1 Å². The van der Waals surface area contributed by atoms with Crippen molar-refractivity contribution in [2.75, 3.05) is 0 Å². The molecule has 0 aliphatic rings. The van der Waals surface area contributed by atoms with Gasteiger partial charge in [0, 0.05) is 12.8 Å². The van der Waals surface area contributed by atoms with E-state index in [2.05, 4.69) is 52.0 Å². The fraction of sp³-hybridized carbons (Fsp3) is 0.562. The molecule has 0 radical (unpaired) electrons. The third-order valence-corrected chi connectivity index (χ3v) is 3.36. The summed E-state index contributed by atoms with van der Waals surface area (Å²) in [5.74, 6) is -0.0106. The van der Waals surface area contributed by atoms with Gasteiger partial charge in [0.15, 0.2) is 0 Å². The summed E-state index contributed by atoms with van der Waals surface area (Å²) in [6, 6.07) is 8.58. The number of hydrogen-bond donors (Lipinski definition) is 0. The second-order valence-electron chi connectivity index (χ2n) is 5.98. The van der Waals surface area contributed by atoms with Crippen LogP contribution in [0.4, 0.5) is 0 Å². The molecule has 2 nitrogen and oxygen atoms in total. The highest BCUT2D eigenvalue weighted by molar-refractivity contribution is 5.66. The zero-order valence-electron chi connectivity index (χ0n) is 12.3. The fourth-order valence-corrected chi connectivity index (χ4v) is 1.92. The molecule has 0 bridgehead atoms. The maximum Gasteiger partial charge on any atom is 0.302 e. The van der Waals surface area contributed by atoms with Gasteiger partial charge in [-0.3, -0.25) is 4.79 Å². The van der Waals surface area contributed by atoms with Gasteiger partial charge in [-0.2, -0.15) is 0 Å². The lowest BCUT2D eigenvalue weighted by atomic mass is 9.85. The van der Waals surface area contributed by atoms with Crippen molar-refractivity contribution < 1.29 is 9.53 Å². The van der Waals surface area contributed by atoms with E-state index < -0.39 is 0 Å². The lowest BCUT2D eigenvalue weighted by Crippen LogP contribution is -2.19.